The zero-order valence-corrected chi connectivity index (χ0v) is 11.7. The van der Waals surface area contributed by atoms with Gasteiger partial charge in [-0.05, 0) is 36.5 Å². The van der Waals surface area contributed by atoms with Crippen molar-refractivity contribution in [2.45, 2.75) is 50.6 Å². The molecule has 1 fully saturated rings. The van der Waals surface area contributed by atoms with Gasteiger partial charge in [0.05, 0.1) is 0 Å². The van der Waals surface area contributed by atoms with Crippen LogP contribution in [-0.2, 0) is 6.54 Å². The summed E-state index contributed by atoms with van der Waals surface area (Å²) >= 11 is 1.99. The maximum atomic E-state index is 3.57. The van der Waals surface area contributed by atoms with E-state index in [4.69, 9.17) is 0 Å². The summed E-state index contributed by atoms with van der Waals surface area (Å²) in [4.78, 5) is 1.42. The third-order valence-electron chi connectivity index (χ3n) is 3.30. The maximum absolute atomic E-state index is 3.57. The van der Waals surface area contributed by atoms with Crippen molar-refractivity contribution in [2.24, 2.45) is 5.92 Å². The van der Waals surface area contributed by atoms with Crippen molar-refractivity contribution in [2.75, 3.05) is 5.75 Å². The van der Waals surface area contributed by atoms with E-state index in [9.17, 15) is 0 Å². The molecule has 1 nitrogen and oxygen atoms in total. The van der Waals surface area contributed by atoms with Gasteiger partial charge < -0.3 is 5.32 Å². The Morgan fingerprint density at radius 3 is 2.94 bits per heavy atom. The lowest BCUT2D eigenvalue weighted by Gasteiger charge is -2.09. The second-order valence-electron chi connectivity index (χ2n) is 5.13. The molecule has 0 aliphatic heterocycles. The largest absolute Gasteiger partial charge is 0.310 e. The Morgan fingerprint density at radius 2 is 2.24 bits per heavy atom. The topological polar surface area (TPSA) is 12.0 Å². The molecule has 2 rings (SSSR count). The number of benzene rings is 1. The first-order valence-electron chi connectivity index (χ1n) is 6.73. The van der Waals surface area contributed by atoms with Crippen molar-refractivity contribution in [1.82, 2.24) is 5.32 Å². The van der Waals surface area contributed by atoms with E-state index < -0.39 is 0 Å². The minimum Gasteiger partial charge on any atom is -0.310 e. The summed E-state index contributed by atoms with van der Waals surface area (Å²) in [5.74, 6) is 2.05. The summed E-state index contributed by atoms with van der Waals surface area (Å²) in [7, 11) is 0. The third-order valence-corrected chi connectivity index (χ3v) is 4.63. The van der Waals surface area contributed by atoms with E-state index >= 15 is 0 Å². The Bertz CT molecular complexity index is 347. The van der Waals surface area contributed by atoms with Gasteiger partial charge in [-0.1, -0.05) is 32.4 Å². The smallest absolute Gasteiger partial charge is 0.0208 e. The molecule has 0 saturated heterocycles. The van der Waals surface area contributed by atoms with Gasteiger partial charge in [-0.25, -0.2) is 0 Å². The van der Waals surface area contributed by atoms with Gasteiger partial charge in [0.2, 0.25) is 0 Å². The second kappa shape index (κ2) is 6.46. The van der Waals surface area contributed by atoms with Crippen LogP contribution in [-0.4, -0.2) is 11.8 Å². The molecule has 0 amide bonds. The molecule has 0 bridgehead atoms. The zero-order chi connectivity index (χ0) is 12.1. The predicted molar refractivity (Wildman–Crippen MR) is 76.5 cm³/mol. The van der Waals surface area contributed by atoms with Crippen molar-refractivity contribution in [3.8, 4) is 0 Å². The van der Waals surface area contributed by atoms with Gasteiger partial charge in [0.25, 0.3) is 0 Å². The van der Waals surface area contributed by atoms with Gasteiger partial charge in [-0.15, -0.1) is 11.8 Å². The highest BCUT2D eigenvalue weighted by Gasteiger charge is 2.19. The van der Waals surface area contributed by atoms with Gasteiger partial charge in [-0.2, -0.15) is 0 Å². The first kappa shape index (κ1) is 13.0. The fourth-order valence-electron chi connectivity index (χ4n) is 1.65. The molecule has 1 aromatic rings. The molecule has 0 radical (unpaired) electrons. The van der Waals surface area contributed by atoms with E-state index in [1.165, 1.54) is 35.5 Å². The molecule has 1 N–H and O–H groups in total. The average molecular weight is 249 g/mol. The van der Waals surface area contributed by atoms with Crippen LogP contribution in [0.5, 0.6) is 0 Å². The normalized spacial score (nSPS) is 17.1. The lowest BCUT2D eigenvalue weighted by atomic mass is 10.2. The van der Waals surface area contributed by atoms with E-state index in [-0.39, 0.29) is 0 Å². The minimum absolute atomic E-state index is 0.798. The molecule has 0 spiro atoms. The van der Waals surface area contributed by atoms with Crippen molar-refractivity contribution in [3.05, 3.63) is 29.8 Å². The van der Waals surface area contributed by atoms with Crippen LogP contribution in [0.4, 0.5) is 0 Å². The number of hydrogen-bond acceptors (Lipinski definition) is 2. The van der Waals surface area contributed by atoms with Crippen LogP contribution in [0, 0.1) is 5.92 Å². The van der Waals surface area contributed by atoms with Crippen LogP contribution in [0.2, 0.25) is 0 Å². The molecule has 1 aliphatic rings. The molecule has 1 saturated carbocycles. The van der Waals surface area contributed by atoms with Gasteiger partial charge in [0.15, 0.2) is 0 Å². The highest BCUT2D eigenvalue weighted by atomic mass is 32.2. The Kier molecular flexibility index (Phi) is 4.93. The SMILES string of the molecule is CCC(C)CSc1cccc(CNC2CC2)c1. The Morgan fingerprint density at radius 1 is 1.41 bits per heavy atom. The van der Waals surface area contributed by atoms with E-state index in [0.29, 0.717) is 0 Å². The maximum Gasteiger partial charge on any atom is 0.0208 e. The molecule has 0 aromatic heterocycles. The molecule has 1 aromatic carbocycles. The summed E-state index contributed by atoms with van der Waals surface area (Å²) < 4.78 is 0. The van der Waals surface area contributed by atoms with E-state index in [2.05, 4.69) is 43.4 Å². The summed E-state index contributed by atoms with van der Waals surface area (Å²) in [5, 5.41) is 3.57. The highest BCUT2D eigenvalue weighted by molar-refractivity contribution is 7.99. The Hall–Kier alpha value is -0.470. The first-order valence-corrected chi connectivity index (χ1v) is 7.71. The quantitative estimate of drug-likeness (QED) is 0.731. The third kappa shape index (κ3) is 4.72. The van der Waals surface area contributed by atoms with Crippen molar-refractivity contribution >= 4 is 11.8 Å². The molecule has 1 aliphatic carbocycles. The highest BCUT2D eigenvalue weighted by Crippen LogP contribution is 2.24. The summed E-state index contributed by atoms with van der Waals surface area (Å²) in [6.45, 7) is 5.62. The number of thioether (sulfide) groups is 1. The fraction of sp³-hybridized carbons (Fsp3) is 0.600. The number of hydrogen-bond donors (Lipinski definition) is 1. The van der Waals surface area contributed by atoms with Crippen LogP contribution < -0.4 is 5.32 Å². The minimum atomic E-state index is 0.798. The molecule has 2 heteroatoms. The van der Waals surface area contributed by atoms with Crippen LogP contribution in [0.25, 0.3) is 0 Å². The summed E-state index contributed by atoms with van der Waals surface area (Å²) in [5.41, 5.74) is 1.42. The molecule has 1 unspecified atom stereocenters. The van der Waals surface area contributed by atoms with E-state index in [1.54, 1.807) is 0 Å². The van der Waals surface area contributed by atoms with Crippen molar-refractivity contribution < 1.29 is 0 Å². The lowest BCUT2D eigenvalue weighted by Crippen LogP contribution is -2.15. The van der Waals surface area contributed by atoms with Crippen molar-refractivity contribution in [1.29, 1.82) is 0 Å². The lowest BCUT2D eigenvalue weighted by molar-refractivity contribution is 0.637. The van der Waals surface area contributed by atoms with Crippen LogP contribution in [0.1, 0.15) is 38.7 Å². The molecular weight excluding hydrogens is 226 g/mol. The molecule has 17 heavy (non-hydrogen) atoms. The fourth-order valence-corrected chi connectivity index (χ4v) is 2.77. The molecule has 1 atom stereocenters. The second-order valence-corrected chi connectivity index (χ2v) is 6.22. The molecule has 0 heterocycles. The summed E-state index contributed by atoms with van der Waals surface area (Å²) in [6, 6.07) is 9.77. The van der Waals surface area contributed by atoms with E-state index in [1.807, 2.05) is 11.8 Å². The van der Waals surface area contributed by atoms with Gasteiger partial charge in [0.1, 0.15) is 0 Å². The van der Waals surface area contributed by atoms with Crippen molar-refractivity contribution in [3.63, 3.8) is 0 Å². The summed E-state index contributed by atoms with van der Waals surface area (Å²) in [6.07, 6.45) is 4.00. The average Bonchev–Trinajstić information content (AvgIpc) is 3.18. The first-order chi connectivity index (χ1) is 8.28. The van der Waals surface area contributed by atoms with Crippen LogP contribution in [0.15, 0.2) is 29.2 Å². The predicted octanol–water partition coefficient (Wildman–Crippen LogP) is 4.08. The van der Waals surface area contributed by atoms with Gasteiger partial charge in [0, 0.05) is 23.2 Å². The van der Waals surface area contributed by atoms with Crippen LogP contribution >= 0.6 is 11.8 Å². The standard InChI is InChI=1S/C15H23NS/c1-3-12(2)11-17-15-6-4-5-13(9-15)10-16-14-7-8-14/h4-6,9,12,14,16H,3,7-8,10-11H2,1-2H3. The number of nitrogens with one attached hydrogen (secondary N) is 1. The zero-order valence-electron chi connectivity index (χ0n) is 10.9. The Balaban J connectivity index is 1.82. The Labute approximate surface area is 109 Å². The molecular formula is C15H23NS. The van der Waals surface area contributed by atoms with E-state index in [0.717, 1.165) is 18.5 Å². The number of rotatable bonds is 7. The van der Waals surface area contributed by atoms with Gasteiger partial charge in [-0.3, -0.25) is 0 Å². The van der Waals surface area contributed by atoms with Gasteiger partial charge >= 0.3 is 0 Å². The molecule has 94 valence electrons. The monoisotopic (exact) mass is 249 g/mol. The van der Waals surface area contributed by atoms with Crippen LogP contribution in [0.3, 0.4) is 0 Å².